The monoisotopic (exact) mass is 294 g/mol. The van der Waals surface area contributed by atoms with Crippen molar-refractivity contribution in [2.75, 3.05) is 13.1 Å². The third kappa shape index (κ3) is 5.25. The highest BCUT2D eigenvalue weighted by Crippen LogP contribution is 2.31. The van der Waals surface area contributed by atoms with Crippen molar-refractivity contribution in [3.05, 3.63) is 0 Å². The summed E-state index contributed by atoms with van der Waals surface area (Å²) in [6.45, 7) is 9.48. The fraction of sp³-hybridized carbons (Fsp3) is 1.00. The highest BCUT2D eigenvalue weighted by Gasteiger charge is 2.33. The molecule has 0 saturated heterocycles. The largest absolute Gasteiger partial charge is 0.313 e. The first kappa shape index (κ1) is 17.3. The normalized spacial score (nSPS) is 28.4. The zero-order chi connectivity index (χ0) is 15.1. The van der Waals surface area contributed by atoms with Gasteiger partial charge in [-0.3, -0.25) is 4.90 Å². The number of likely N-dealkylation sites (N-methyl/N-ethyl adjacent to an activating group) is 1. The van der Waals surface area contributed by atoms with Crippen molar-refractivity contribution in [1.82, 2.24) is 10.2 Å². The van der Waals surface area contributed by atoms with Gasteiger partial charge in [-0.15, -0.1) is 0 Å². The summed E-state index contributed by atoms with van der Waals surface area (Å²) in [7, 11) is 0. The molecule has 21 heavy (non-hydrogen) atoms. The average Bonchev–Trinajstić information content (AvgIpc) is 2.88. The van der Waals surface area contributed by atoms with E-state index in [1.165, 1.54) is 70.8 Å². The van der Waals surface area contributed by atoms with Crippen LogP contribution in [0.15, 0.2) is 0 Å². The van der Waals surface area contributed by atoms with Gasteiger partial charge in [-0.25, -0.2) is 0 Å². The molecule has 2 aliphatic carbocycles. The number of nitrogens with zero attached hydrogens (tertiary/aromatic N) is 1. The smallest absolute Gasteiger partial charge is 0.0252 e. The summed E-state index contributed by atoms with van der Waals surface area (Å²) in [6.07, 6.45) is 14.3. The van der Waals surface area contributed by atoms with Gasteiger partial charge < -0.3 is 5.32 Å². The first-order chi connectivity index (χ1) is 10.2. The van der Waals surface area contributed by atoms with Crippen LogP contribution in [0.25, 0.3) is 0 Å². The lowest BCUT2D eigenvalue weighted by atomic mass is 9.97. The fourth-order valence-electron chi connectivity index (χ4n) is 4.45. The van der Waals surface area contributed by atoms with Crippen LogP contribution in [-0.2, 0) is 0 Å². The molecular formula is C19H38N2. The molecule has 2 fully saturated rings. The molecule has 2 atom stereocenters. The molecule has 2 heteroatoms. The predicted octanol–water partition coefficient (Wildman–Crippen LogP) is 4.59. The Kier molecular flexibility index (Phi) is 7.53. The second kappa shape index (κ2) is 9.15. The van der Waals surface area contributed by atoms with Crippen molar-refractivity contribution in [2.45, 2.75) is 103 Å². The first-order valence-electron chi connectivity index (χ1n) is 9.71. The van der Waals surface area contributed by atoms with Crippen molar-refractivity contribution < 1.29 is 0 Å². The maximum absolute atomic E-state index is 3.82. The number of rotatable bonds is 7. The number of hydrogen-bond acceptors (Lipinski definition) is 2. The lowest BCUT2D eigenvalue weighted by Gasteiger charge is -2.41. The topological polar surface area (TPSA) is 15.3 Å². The van der Waals surface area contributed by atoms with E-state index in [2.05, 4.69) is 31.0 Å². The minimum absolute atomic E-state index is 0.741. The van der Waals surface area contributed by atoms with Gasteiger partial charge in [0.2, 0.25) is 0 Å². The van der Waals surface area contributed by atoms with Crippen molar-refractivity contribution in [3.63, 3.8) is 0 Å². The first-order valence-corrected chi connectivity index (χ1v) is 9.71. The maximum atomic E-state index is 3.82. The summed E-state index contributed by atoms with van der Waals surface area (Å²) < 4.78 is 0. The molecule has 0 aromatic carbocycles. The van der Waals surface area contributed by atoms with E-state index in [1.807, 2.05) is 0 Å². The average molecular weight is 295 g/mol. The molecule has 0 bridgehead atoms. The van der Waals surface area contributed by atoms with E-state index in [-0.39, 0.29) is 0 Å². The molecule has 0 aromatic heterocycles. The van der Waals surface area contributed by atoms with Gasteiger partial charge in [0.15, 0.2) is 0 Å². The van der Waals surface area contributed by atoms with Crippen LogP contribution in [0.2, 0.25) is 0 Å². The standard InChI is InChI=1S/C19H38N2/c1-4-20-18-12-6-5-7-13-19(18)21(15-14-16(2)3)17-10-8-9-11-17/h16-20H,4-15H2,1-3H3. The molecule has 124 valence electrons. The van der Waals surface area contributed by atoms with Gasteiger partial charge in [0, 0.05) is 18.1 Å². The Morgan fingerprint density at radius 3 is 2.29 bits per heavy atom. The zero-order valence-corrected chi connectivity index (χ0v) is 14.7. The van der Waals surface area contributed by atoms with E-state index in [0.29, 0.717) is 0 Å². The minimum Gasteiger partial charge on any atom is -0.313 e. The Morgan fingerprint density at radius 2 is 1.62 bits per heavy atom. The Hall–Kier alpha value is -0.0800. The number of nitrogens with one attached hydrogen (secondary N) is 1. The summed E-state index contributed by atoms with van der Waals surface area (Å²) >= 11 is 0. The third-order valence-corrected chi connectivity index (χ3v) is 5.63. The van der Waals surface area contributed by atoms with Crippen LogP contribution in [0.5, 0.6) is 0 Å². The summed E-state index contributed by atoms with van der Waals surface area (Å²) in [5.74, 6) is 0.831. The predicted molar refractivity (Wildman–Crippen MR) is 92.8 cm³/mol. The van der Waals surface area contributed by atoms with E-state index in [1.54, 1.807) is 0 Å². The van der Waals surface area contributed by atoms with Crippen molar-refractivity contribution in [2.24, 2.45) is 5.92 Å². The van der Waals surface area contributed by atoms with Crippen molar-refractivity contribution >= 4 is 0 Å². The van der Waals surface area contributed by atoms with E-state index >= 15 is 0 Å². The Morgan fingerprint density at radius 1 is 0.952 bits per heavy atom. The molecule has 0 radical (unpaired) electrons. The van der Waals surface area contributed by atoms with Crippen molar-refractivity contribution in [3.8, 4) is 0 Å². The van der Waals surface area contributed by atoms with E-state index in [9.17, 15) is 0 Å². The molecule has 0 amide bonds. The molecule has 2 nitrogen and oxygen atoms in total. The van der Waals surface area contributed by atoms with Crippen LogP contribution in [-0.4, -0.2) is 36.1 Å². The quantitative estimate of drug-likeness (QED) is 0.691. The minimum atomic E-state index is 0.741. The summed E-state index contributed by atoms with van der Waals surface area (Å²) in [6, 6.07) is 2.42. The SMILES string of the molecule is CCNC1CCCCCC1N(CCC(C)C)C1CCCC1. The van der Waals surface area contributed by atoms with Crippen LogP contribution >= 0.6 is 0 Å². The number of hydrogen-bond donors (Lipinski definition) is 1. The van der Waals surface area contributed by atoms with Gasteiger partial charge in [0.05, 0.1) is 0 Å². The van der Waals surface area contributed by atoms with E-state index in [4.69, 9.17) is 0 Å². The molecular weight excluding hydrogens is 256 g/mol. The van der Waals surface area contributed by atoms with Gasteiger partial charge in [0.1, 0.15) is 0 Å². The molecule has 0 heterocycles. The van der Waals surface area contributed by atoms with Gasteiger partial charge in [-0.05, 0) is 51.1 Å². The lowest BCUT2D eigenvalue weighted by molar-refractivity contribution is 0.0941. The highest BCUT2D eigenvalue weighted by molar-refractivity contribution is 4.91. The highest BCUT2D eigenvalue weighted by atomic mass is 15.2. The second-order valence-electron chi connectivity index (χ2n) is 7.73. The third-order valence-electron chi connectivity index (χ3n) is 5.63. The zero-order valence-electron chi connectivity index (χ0n) is 14.7. The van der Waals surface area contributed by atoms with Crippen molar-refractivity contribution in [1.29, 1.82) is 0 Å². The van der Waals surface area contributed by atoms with Gasteiger partial charge in [-0.2, -0.15) is 0 Å². The van der Waals surface area contributed by atoms with Crippen LogP contribution < -0.4 is 5.32 Å². The Balaban J connectivity index is 2.06. The molecule has 2 rings (SSSR count). The van der Waals surface area contributed by atoms with E-state index in [0.717, 1.165) is 30.6 Å². The van der Waals surface area contributed by atoms with Gasteiger partial charge in [0.25, 0.3) is 0 Å². The van der Waals surface area contributed by atoms with Gasteiger partial charge >= 0.3 is 0 Å². The molecule has 2 unspecified atom stereocenters. The molecule has 0 aliphatic heterocycles. The Bertz CT molecular complexity index is 271. The molecule has 2 aliphatic rings. The second-order valence-corrected chi connectivity index (χ2v) is 7.73. The molecule has 0 aromatic rings. The molecule has 2 saturated carbocycles. The fourth-order valence-corrected chi connectivity index (χ4v) is 4.45. The maximum Gasteiger partial charge on any atom is 0.0252 e. The summed E-state index contributed by atoms with van der Waals surface area (Å²) in [5, 5.41) is 3.82. The van der Waals surface area contributed by atoms with Crippen LogP contribution in [0.3, 0.4) is 0 Å². The molecule has 0 spiro atoms. The Labute approximate surface area is 133 Å². The van der Waals surface area contributed by atoms with Crippen LogP contribution in [0, 0.1) is 5.92 Å². The van der Waals surface area contributed by atoms with Crippen LogP contribution in [0.4, 0.5) is 0 Å². The lowest BCUT2D eigenvalue weighted by Crippen LogP contribution is -2.53. The summed E-state index contributed by atoms with van der Waals surface area (Å²) in [4.78, 5) is 2.95. The van der Waals surface area contributed by atoms with E-state index < -0.39 is 0 Å². The molecule has 1 N–H and O–H groups in total. The van der Waals surface area contributed by atoms with Gasteiger partial charge in [-0.1, -0.05) is 52.9 Å². The summed E-state index contributed by atoms with van der Waals surface area (Å²) in [5.41, 5.74) is 0. The van der Waals surface area contributed by atoms with Crippen LogP contribution in [0.1, 0.15) is 85.0 Å².